The molecule has 1 aliphatic heterocycles. The van der Waals surface area contributed by atoms with Crippen LogP contribution in [0.1, 0.15) is 26.2 Å². The van der Waals surface area contributed by atoms with Crippen LogP contribution in [0.25, 0.3) is 0 Å². The molecule has 0 saturated carbocycles. The van der Waals surface area contributed by atoms with Crippen LogP contribution in [-0.4, -0.2) is 34.9 Å². The third-order valence-corrected chi connectivity index (χ3v) is 3.64. The van der Waals surface area contributed by atoms with E-state index in [0.29, 0.717) is 10.8 Å². The van der Waals surface area contributed by atoms with Gasteiger partial charge < -0.3 is 5.32 Å². The molecule has 4 nitrogen and oxygen atoms in total. The average Bonchev–Trinajstić information content (AvgIpc) is 2.41. The van der Waals surface area contributed by atoms with E-state index in [0.717, 1.165) is 13.1 Å². The summed E-state index contributed by atoms with van der Waals surface area (Å²) in [7, 11) is 0. The molecule has 0 aromatic carbocycles. The molecule has 98 valence electrons. The van der Waals surface area contributed by atoms with Crippen LogP contribution in [0.4, 0.5) is 5.69 Å². The first-order chi connectivity index (χ1) is 8.68. The smallest absolute Gasteiger partial charge is 0.241 e. The van der Waals surface area contributed by atoms with Crippen LogP contribution in [0.15, 0.2) is 18.3 Å². The molecule has 0 spiro atoms. The number of carbonyl (C=O) groups excluding carboxylic acids is 1. The van der Waals surface area contributed by atoms with Crippen molar-refractivity contribution in [1.82, 2.24) is 9.88 Å². The number of halogens is 1. The molecule has 1 fully saturated rings. The fourth-order valence-electron chi connectivity index (χ4n) is 2.19. The van der Waals surface area contributed by atoms with E-state index in [2.05, 4.69) is 15.2 Å². The Morgan fingerprint density at radius 2 is 2.17 bits per heavy atom. The van der Waals surface area contributed by atoms with Gasteiger partial charge in [-0.25, -0.2) is 4.98 Å². The standard InChI is InChI=1S/C13H18ClN3O/c1-10(17-8-3-2-4-9-17)13(18)16-11-6-5-7-15-12(11)14/h5-7,10H,2-4,8-9H2,1H3,(H,16,18)/t10-/m1/s1. The van der Waals surface area contributed by atoms with Crippen LogP contribution in [0, 0.1) is 0 Å². The third kappa shape index (κ3) is 3.21. The van der Waals surface area contributed by atoms with Gasteiger partial charge in [0.2, 0.25) is 5.91 Å². The maximum Gasteiger partial charge on any atom is 0.241 e. The van der Waals surface area contributed by atoms with Gasteiger partial charge in [-0.3, -0.25) is 9.69 Å². The highest BCUT2D eigenvalue weighted by molar-refractivity contribution is 6.32. The normalized spacial score (nSPS) is 18.3. The molecular formula is C13H18ClN3O. The van der Waals surface area contributed by atoms with Gasteiger partial charge in [0, 0.05) is 6.20 Å². The molecule has 1 aromatic heterocycles. The monoisotopic (exact) mass is 267 g/mol. The highest BCUT2D eigenvalue weighted by Crippen LogP contribution is 2.19. The topological polar surface area (TPSA) is 45.2 Å². The molecule has 1 saturated heterocycles. The first kappa shape index (κ1) is 13.3. The second-order valence-electron chi connectivity index (χ2n) is 4.60. The summed E-state index contributed by atoms with van der Waals surface area (Å²) in [5.74, 6) is -0.0215. The van der Waals surface area contributed by atoms with Crippen molar-refractivity contribution in [3.8, 4) is 0 Å². The number of anilines is 1. The van der Waals surface area contributed by atoms with Gasteiger partial charge >= 0.3 is 0 Å². The van der Waals surface area contributed by atoms with Crippen molar-refractivity contribution < 1.29 is 4.79 Å². The molecule has 2 rings (SSSR count). The van der Waals surface area contributed by atoms with Crippen molar-refractivity contribution in [1.29, 1.82) is 0 Å². The van der Waals surface area contributed by atoms with E-state index in [1.807, 2.05) is 6.92 Å². The first-order valence-electron chi connectivity index (χ1n) is 6.34. The fraction of sp³-hybridized carbons (Fsp3) is 0.538. The van der Waals surface area contributed by atoms with Gasteiger partial charge in [0.25, 0.3) is 0 Å². The summed E-state index contributed by atoms with van der Waals surface area (Å²) in [5, 5.41) is 3.16. The van der Waals surface area contributed by atoms with Crippen molar-refractivity contribution in [3.63, 3.8) is 0 Å². The lowest BCUT2D eigenvalue weighted by molar-refractivity contribution is -0.121. The average molecular weight is 268 g/mol. The molecule has 2 heterocycles. The Labute approximate surface area is 112 Å². The molecule has 0 bridgehead atoms. The van der Waals surface area contributed by atoms with E-state index in [1.165, 1.54) is 19.3 Å². The predicted octanol–water partition coefficient (Wildman–Crippen LogP) is 2.55. The summed E-state index contributed by atoms with van der Waals surface area (Å²) < 4.78 is 0. The van der Waals surface area contributed by atoms with Gasteiger partial charge in [-0.15, -0.1) is 0 Å². The number of aromatic nitrogens is 1. The lowest BCUT2D eigenvalue weighted by atomic mass is 10.1. The lowest BCUT2D eigenvalue weighted by Crippen LogP contribution is -2.44. The highest BCUT2D eigenvalue weighted by atomic mass is 35.5. The molecule has 5 heteroatoms. The largest absolute Gasteiger partial charge is 0.322 e. The maximum absolute atomic E-state index is 12.1. The molecule has 18 heavy (non-hydrogen) atoms. The number of hydrogen-bond donors (Lipinski definition) is 1. The lowest BCUT2D eigenvalue weighted by Gasteiger charge is -2.31. The van der Waals surface area contributed by atoms with Gasteiger partial charge in [0.05, 0.1) is 11.7 Å². The van der Waals surface area contributed by atoms with Gasteiger partial charge in [-0.1, -0.05) is 18.0 Å². The second kappa shape index (κ2) is 6.16. The van der Waals surface area contributed by atoms with Crippen LogP contribution in [0.3, 0.4) is 0 Å². The molecule has 0 aliphatic carbocycles. The summed E-state index contributed by atoms with van der Waals surface area (Å²) in [5.41, 5.74) is 0.577. The zero-order valence-corrected chi connectivity index (χ0v) is 11.3. The van der Waals surface area contributed by atoms with Crippen molar-refractivity contribution >= 4 is 23.2 Å². The zero-order valence-electron chi connectivity index (χ0n) is 10.5. The van der Waals surface area contributed by atoms with E-state index in [1.54, 1.807) is 18.3 Å². The summed E-state index contributed by atoms with van der Waals surface area (Å²) in [6.07, 6.45) is 5.21. The number of pyridine rings is 1. The Morgan fingerprint density at radius 1 is 1.44 bits per heavy atom. The number of amides is 1. The number of carbonyl (C=O) groups is 1. The molecule has 1 aromatic rings. The van der Waals surface area contributed by atoms with Crippen molar-refractivity contribution in [2.24, 2.45) is 0 Å². The number of nitrogens with one attached hydrogen (secondary N) is 1. The number of nitrogens with zero attached hydrogens (tertiary/aromatic N) is 2. The first-order valence-corrected chi connectivity index (χ1v) is 6.71. The number of piperidine rings is 1. The number of hydrogen-bond acceptors (Lipinski definition) is 3. The molecule has 1 N–H and O–H groups in total. The molecule has 1 atom stereocenters. The van der Waals surface area contributed by atoms with Gasteiger partial charge in [0.1, 0.15) is 0 Å². The Morgan fingerprint density at radius 3 is 2.83 bits per heavy atom. The summed E-state index contributed by atoms with van der Waals surface area (Å²) in [6, 6.07) is 3.39. The minimum atomic E-state index is -0.124. The van der Waals surface area contributed by atoms with Gasteiger partial charge in [-0.05, 0) is 45.0 Å². The van der Waals surface area contributed by atoms with E-state index < -0.39 is 0 Å². The summed E-state index contributed by atoms with van der Waals surface area (Å²) in [4.78, 5) is 18.3. The Hall–Kier alpha value is -1.13. The van der Waals surface area contributed by atoms with E-state index >= 15 is 0 Å². The number of likely N-dealkylation sites (tertiary alicyclic amines) is 1. The van der Waals surface area contributed by atoms with Crippen molar-refractivity contribution in [3.05, 3.63) is 23.5 Å². The van der Waals surface area contributed by atoms with Crippen LogP contribution < -0.4 is 5.32 Å². The van der Waals surface area contributed by atoms with Crippen LogP contribution in [0.5, 0.6) is 0 Å². The molecular weight excluding hydrogens is 250 g/mol. The van der Waals surface area contributed by atoms with E-state index in [-0.39, 0.29) is 11.9 Å². The Balaban J connectivity index is 1.97. The SMILES string of the molecule is C[C@H](C(=O)Nc1cccnc1Cl)N1CCCCC1. The van der Waals surface area contributed by atoms with Gasteiger partial charge in [0.15, 0.2) is 5.15 Å². The van der Waals surface area contributed by atoms with E-state index in [9.17, 15) is 4.79 Å². The van der Waals surface area contributed by atoms with Crippen LogP contribution in [-0.2, 0) is 4.79 Å². The Bertz CT molecular complexity index is 418. The van der Waals surface area contributed by atoms with Crippen LogP contribution in [0.2, 0.25) is 5.15 Å². The Kier molecular flexibility index (Phi) is 4.55. The molecule has 1 aliphatic rings. The minimum absolute atomic E-state index is 0.0215. The third-order valence-electron chi connectivity index (χ3n) is 3.33. The second-order valence-corrected chi connectivity index (χ2v) is 4.96. The van der Waals surface area contributed by atoms with E-state index in [4.69, 9.17) is 11.6 Å². The zero-order chi connectivity index (χ0) is 13.0. The summed E-state index contributed by atoms with van der Waals surface area (Å²) >= 11 is 5.92. The highest BCUT2D eigenvalue weighted by Gasteiger charge is 2.23. The molecule has 1 amide bonds. The number of rotatable bonds is 3. The molecule has 0 radical (unpaired) electrons. The fourth-order valence-corrected chi connectivity index (χ4v) is 2.35. The minimum Gasteiger partial charge on any atom is -0.322 e. The van der Waals surface area contributed by atoms with Gasteiger partial charge in [-0.2, -0.15) is 0 Å². The quantitative estimate of drug-likeness (QED) is 0.856. The van der Waals surface area contributed by atoms with Crippen molar-refractivity contribution in [2.45, 2.75) is 32.2 Å². The van der Waals surface area contributed by atoms with Crippen LogP contribution >= 0.6 is 11.6 Å². The van der Waals surface area contributed by atoms with Crippen molar-refractivity contribution in [2.75, 3.05) is 18.4 Å². The predicted molar refractivity (Wildman–Crippen MR) is 72.8 cm³/mol. The summed E-state index contributed by atoms with van der Waals surface area (Å²) in [6.45, 7) is 3.93. The molecule has 0 unspecified atom stereocenters. The maximum atomic E-state index is 12.1.